The van der Waals surface area contributed by atoms with E-state index in [-0.39, 0.29) is 24.1 Å². The SMILES string of the molecule is CC1CCC(OC2CCCCC2C(=O)OC2CCC3OC3C2)CC1. The molecule has 4 heteroatoms. The van der Waals surface area contributed by atoms with Gasteiger partial charge in [0.15, 0.2) is 0 Å². The van der Waals surface area contributed by atoms with Crippen LogP contribution in [0.3, 0.4) is 0 Å². The van der Waals surface area contributed by atoms with E-state index in [1.807, 2.05) is 0 Å². The third-order valence-electron chi connectivity index (χ3n) is 6.57. The van der Waals surface area contributed by atoms with Crippen LogP contribution in [0, 0.1) is 11.8 Å². The van der Waals surface area contributed by atoms with Crippen molar-refractivity contribution in [3.63, 3.8) is 0 Å². The molecule has 24 heavy (non-hydrogen) atoms. The monoisotopic (exact) mass is 336 g/mol. The Kier molecular flexibility index (Phi) is 5.14. The van der Waals surface area contributed by atoms with Gasteiger partial charge in [-0.15, -0.1) is 0 Å². The molecule has 0 radical (unpaired) electrons. The molecule has 5 unspecified atom stereocenters. The summed E-state index contributed by atoms with van der Waals surface area (Å²) in [5.41, 5.74) is 0. The lowest BCUT2D eigenvalue weighted by Crippen LogP contribution is -2.40. The van der Waals surface area contributed by atoms with Crippen molar-refractivity contribution in [3.05, 3.63) is 0 Å². The molecule has 1 aliphatic heterocycles. The Labute approximate surface area is 145 Å². The van der Waals surface area contributed by atoms with Gasteiger partial charge in [-0.3, -0.25) is 4.79 Å². The molecule has 0 aromatic carbocycles. The minimum absolute atomic E-state index is 0.00650. The highest BCUT2D eigenvalue weighted by molar-refractivity contribution is 5.73. The van der Waals surface area contributed by atoms with E-state index < -0.39 is 0 Å². The number of rotatable bonds is 4. The highest BCUT2D eigenvalue weighted by Crippen LogP contribution is 2.39. The maximum absolute atomic E-state index is 12.7. The summed E-state index contributed by atoms with van der Waals surface area (Å²) in [7, 11) is 0. The quantitative estimate of drug-likeness (QED) is 0.575. The summed E-state index contributed by atoms with van der Waals surface area (Å²) < 4.78 is 17.8. The largest absolute Gasteiger partial charge is 0.462 e. The lowest BCUT2D eigenvalue weighted by molar-refractivity contribution is -0.166. The average molecular weight is 336 g/mol. The van der Waals surface area contributed by atoms with Crippen LogP contribution in [0.2, 0.25) is 0 Å². The molecular formula is C20H32O4. The summed E-state index contributed by atoms with van der Waals surface area (Å²) >= 11 is 0. The van der Waals surface area contributed by atoms with Gasteiger partial charge in [-0.25, -0.2) is 0 Å². The Hall–Kier alpha value is -0.610. The molecule has 0 bridgehead atoms. The normalized spacial score (nSPS) is 45.3. The number of carbonyl (C=O) groups is 1. The number of hydrogen-bond donors (Lipinski definition) is 0. The lowest BCUT2D eigenvalue weighted by Gasteiger charge is -2.36. The van der Waals surface area contributed by atoms with Crippen molar-refractivity contribution in [1.29, 1.82) is 0 Å². The van der Waals surface area contributed by atoms with Gasteiger partial charge < -0.3 is 14.2 Å². The van der Waals surface area contributed by atoms with Crippen LogP contribution in [-0.4, -0.2) is 36.5 Å². The molecule has 0 N–H and O–H groups in total. The van der Waals surface area contributed by atoms with Crippen molar-refractivity contribution in [2.75, 3.05) is 0 Å². The molecule has 4 rings (SSSR count). The first kappa shape index (κ1) is 16.8. The van der Waals surface area contributed by atoms with Crippen LogP contribution in [0.5, 0.6) is 0 Å². The van der Waals surface area contributed by atoms with Gasteiger partial charge in [-0.05, 0) is 57.3 Å². The van der Waals surface area contributed by atoms with Crippen molar-refractivity contribution in [1.82, 2.24) is 0 Å². The topological polar surface area (TPSA) is 48.1 Å². The maximum Gasteiger partial charge on any atom is 0.311 e. The standard InChI is InChI=1S/C20H32O4/c1-13-6-8-14(9-7-13)22-17-5-3-2-4-16(17)20(21)23-15-10-11-18-19(12-15)24-18/h13-19H,2-12H2,1H3. The van der Waals surface area contributed by atoms with E-state index >= 15 is 0 Å². The molecule has 5 atom stereocenters. The first-order chi connectivity index (χ1) is 11.7. The minimum Gasteiger partial charge on any atom is -0.462 e. The molecule has 0 amide bonds. The first-order valence-corrected chi connectivity index (χ1v) is 10.2. The van der Waals surface area contributed by atoms with Gasteiger partial charge in [-0.2, -0.15) is 0 Å². The van der Waals surface area contributed by atoms with Gasteiger partial charge in [0.1, 0.15) is 6.10 Å². The molecule has 4 aliphatic rings. The van der Waals surface area contributed by atoms with Crippen LogP contribution in [-0.2, 0) is 19.0 Å². The second-order valence-corrected chi connectivity index (χ2v) is 8.53. The van der Waals surface area contributed by atoms with Gasteiger partial charge in [0.05, 0.1) is 30.3 Å². The van der Waals surface area contributed by atoms with Gasteiger partial charge >= 0.3 is 5.97 Å². The van der Waals surface area contributed by atoms with Gasteiger partial charge in [-0.1, -0.05) is 19.8 Å². The molecule has 1 heterocycles. The van der Waals surface area contributed by atoms with E-state index in [1.165, 1.54) is 19.3 Å². The van der Waals surface area contributed by atoms with E-state index in [2.05, 4.69) is 6.92 Å². The van der Waals surface area contributed by atoms with Gasteiger partial charge in [0.2, 0.25) is 0 Å². The Balaban J connectivity index is 1.30. The Morgan fingerprint density at radius 2 is 1.62 bits per heavy atom. The second-order valence-electron chi connectivity index (χ2n) is 8.53. The molecule has 136 valence electrons. The summed E-state index contributed by atoms with van der Waals surface area (Å²) in [6.45, 7) is 2.33. The summed E-state index contributed by atoms with van der Waals surface area (Å²) in [4.78, 5) is 12.7. The summed E-state index contributed by atoms with van der Waals surface area (Å²) in [6, 6.07) is 0. The van der Waals surface area contributed by atoms with E-state index in [4.69, 9.17) is 14.2 Å². The van der Waals surface area contributed by atoms with Crippen LogP contribution in [0.4, 0.5) is 0 Å². The highest BCUT2D eigenvalue weighted by atomic mass is 16.6. The smallest absolute Gasteiger partial charge is 0.311 e. The van der Waals surface area contributed by atoms with E-state index in [0.717, 1.165) is 57.3 Å². The third kappa shape index (κ3) is 3.96. The predicted molar refractivity (Wildman–Crippen MR) is 90.6 cm³/mol. The second kappa shape index (κ2) is 7.33. The number of ether oxygens (including phenoxy) is 3. The van der Waals surface area contributed by atoms with Crippen molar-refractivity contribution in [3.8, 4) is 0 Å². The zero-order valence-electron chi connectivity index (χ0n) is 15.0. The van der Waals surface area contributed by atoms with Gasteiger partial charge in [0, 0.05) is 6.42 Å². The van der Waals surface area contributed by atoms with E-state index in [1.54, 1.807) is 0 Å². The maximum atomic E-state index is 12.7. The molecule has 0 aromatic heterocycles. The molecule has 3 aliphatic carbocycles. The Morgan fingerprint density at radius 3 is 2.42 bits per heavy atom. The zero-order chi connectivity index (χ0) is 16.5. The lowest BCUT2D eigenvalue weighted by atomic mass is 9.85. The van der Waals surface area contributed by atoms with Crippen LogP contribution < -0.4 is 0 Å². The fourth-order valence-corrected chi connectivity index (χ4v) is 4.87. The van der Waals surface area contributed by atoms with Crippen molar-refractivity contribution in [2.24, 2.45) is 11.8 Å². The minimum atomic E-state index is -0.0454. The van der Waals surface area contributed by atoms with Crippen molar-refractivity contribution < 1.29 is 19.0 Å². The summed E-state index contributed by atoms with van der Waals surface area (Å²) in [5.74, 6) is 0.778. The zero-order valence-corrected chi connectivity index (χ0v) is 15.0. The predicted octanol–water partition coefficient (Wildman–Crippen LogP) is 4.00. The fraction of sp³-hybridized carbons (Fsp3) is 0.950. The summed E-state index contributed by atoms with van der Waals surface area (Å²) in [6.07, 6.45) is 13.3. The number of hydrogen-bond acceptors (Lipinski definition) is 4. The molecule has 4 fully saturated rings. The van der Waals surface area contributed by atoms with E-state index in [9.17, 15) is 4.79 Å². The number of fused-ring (bicyclic) bond motifs is 1. The molecule has 4 nitrogen and oxygen atoms in total. The van der Waals surface area contributed by atoms with Crippen molar-refractivity contribution in [2.45, 2.75) is 108 Å². The molecule has 0 spiro atoms. The molecular weight excluding hydrogens is 304 g/mol. The van der Waals surface area contributed by atoms with Crippen LogP contribution in [0.15, 0.2) is 0 Å². The fourth-order valence-electron chi connectivity index (χ4n) is 4.87. The number of esters is 1. The average Bonchev–Trinajstić information content (AvgIpc) is 3.36. The van der Waals surface area contributed by atoms with Crippen LogP contribution in [0.1, 0.15) is 77.6 Å². The molecule has 0 aromatic rings. The summed E-state index contributed by atoms with van der Waals surface area (Å²) in [5, 5.41) is 0. The Morgan fingerprint density at radius 1 is 0.875 bits per heavy atom. The highest BCUT2D eigenvalue weighted by Gasteiger charge is 2.46. The molecule has 1 saturated heterocycles. The Bertz CT molecular complexity index is 443. The number of carbonyl (C=O) groups excluding carboxylic acids is 1. The van der Waals surface area contributed by atoms with Crippen LogP contribution >= 0.6 is 0 Å². The molecule has 3 saturated carbocycles. The van der Waals surface area contributed by atoms with Gasteiger partial charge in [0.25, 0.3) is 0 Å². The van der Waals surface area contributed by atoms with E-state index in [0.29, 0.717) is 18.3 Å². The third-order valence-corrected chi connectivity index (χ3v) is 6.57. The van der Waals surface area contributed by atoms with Crippen LogP contribution in [0.25, 0.3) is 0 Å². The first-order valence-electron chi connectivity index (χ1n) is 10.2. The van der Waals surface area contributed by atoms with Crippen molar-refractivity contribution >= 4 is 5.97 Å². The number of epoxide rings is 1.